The maximum atomic E-state index is 4.14. The molecule has 0 heterocycles. The van der Waals surface area contributed by atoms with Crippen molar-refractivity contribution < 1.29 is 0 Å². The van der Waals surface area contributed by atoms with Crippen molar-refractivity contribution in [3.63, 3.8) is 0 Å². The van der Waals surface area contributed by atoms with Gasteiger partial charge in [0.25, 0.3) is 0 Å². The van der Waals surface area contributed by atoms with Crippen molar-refractivity contribution in [3.05, 3.63) is 165 Å². The van der Waals surface area contributed by atoms with Gasteiger partial charge in [-0.25, -0.2) is 0 Å². The summed E-state index contributed by atoms with van der Waals surface area (Å²) in [4.78, 5) is 2.60. The lowest BCUT2D eigenvalue weighted by atomic mass is 9.76. The number of rotatable bonds is 11. The standard InChI is InChI=1S/C54H69N/c1-14-18-24-49(38(6)39(7)55(47(20-15-2)21-16-3)48-23-19-22-45(33-34-48)53(8,9)10)50(37(5)17-4)42-28-25-40-27-30-44-36-46(54(11,12)13)32-31-41-26-29-43(35-42)51(40)52(41)44/h14-16,18,20-21,23-30,32,36,39,45H,1-2,17,19,22,31,33-35H2,3-13H3/b21-16-,24-18-,47-20+,49-38-,50-37+. The minimum Gasteiger partial charge on any atom is -0.339 e. The molecular weight excluding hydrogens is 663 g/mol. The van der Waals surface area contributed by atoms with Gasteiger partial charge >= 0.3 is 0 Å². The Bertz CT molecular complexity index is 2180. The van der Waals surface area contributed by atoms with Crippen LogP contribution in [-0.2, 0) is 12.8 Å². The van der Waals surface area contributed by atoms with Crippen LogP contribution in [0.5, 0.6) is 0 Å². The quantitative estimate of drug-likeness (QED) is 0.208. The molecule has 290 valence electrons. The van der Waals surface area contributed by atoms with E-state index in [2.05, 4.69) is 179 Å². The van der Waals surface area contributed by atoms with Gasteiger partial charge in [0.05, 0.1) is 6.04 Å². The lowest BCUT2D eigenvalue weighted by molar-refractivity contribution is 0.213. The highest BCUT2D eigenvalue weighted by Crippen LogP contribution is 2.41. The van der Waals surface area contributed by atoms with Crippen LogP contribution in [0.15, 0.2) is 143 Å². The second kappa shape index (κ2) is 17.6. The molecule has 0 amide bonds. The highest BCUT2D eigenvalue weighted by Gasteiger charge is 2.30. The van der Waals surface area contributed by atoms with Crippen molar-refractivity contribution in [2.75, 3.05) is 0 Å². The maximum Gasteiger partial charge on any atom is 0.0526 e. The first-order valence-electron chi connectivity index (χ1n) is 20.9. The Morgan fingerprint density at radius 2 is 1.60 bits per heavy atom. The van der Waals surface area contributed by atoms with Gasteiger partial charge in [-0.15, -0.1) is 0 Å². The summed E-state index contributed by atoms with van der Waals surface area (Å²) in [6.07, 6.45) is 34.6. The Morgan fingerprint density at radius 1 is 0.891 bits per heavy atom. The zero-order valence-corrected chi connectivity index (χ0v) is 36.2. The maximum absolute atomic E-state index is 4.14. The summed E-state index contributed by atoms with van der Waals surface area (Å²) < 4.78 is 0. The summed E-state index contributed by atoms with van der Waals surface area (Å²) >= 11 is 0. The molecule has 0 aliphatic heterocycles. The fraction of sp³-hybridized carbons (Fsp3) is 0.407. The molecule has 55 heavy (non-hydrogen) atoms. The first-order chi connectivity index (χ1) is 26.1. The third-order valence-corrected chi connectivity index (χ3v) is 12.4. The van der Waals surface area contributed by atoms with Gasteiger partial charge in [0.2, 0.25) is 0 Å². The molecule has 3 aliphatic rings. The van der Waals surface area contributed by atoms with E-state index in [0.29, 0.717) is 11.3 Å². The molecule has 0 bridgehead atoms. The number of benzene rings is 2. The highest BCUT2D eigenvalue weighted by atomic mass is 15.2. The van der Waals surface area contributed by atoms with Gasteiger partial charge in [-0.3, -0.25) is 0 Å². The zero-order valence-electron chi connectivity index (χ0n) is 36.2. The smallest absolute Gasteiger partial charge is 0.0526 e. The molecule has 0 radical (unpaired) electrons. The molecule has 2 unspecified atom stereocenters. The van der Waals surface area contributed by atoms with Crippen molar-refractivity contribution in [3.8, 4) is 0 Å². The van der Waals surface area contributed by atoms with E-state index in [1.807, 2.05) is 12.2 Å². The molecule has 0 saturated carbocycles. The van der Waals surface area contributed by atoms with Crippen molar-refractivity contribution in [1.29, 1.82) is 0 Å². The zero-order chi connectivity index (χ0) is 40.1. The Hall–Kier alpha value is -4.36. The Balaban J connectivity index is 1.67. The van der Waals surface area contributed by atoms with E-state index < -0.39 is 0 Å². The topological polar surface area (TPSA) is 3.24 Å². The van der Waals surface area contributed by atoms with E-state index in [4.69, 9.17) is 0 Å². The Labute approximate surface area is 335 Å². The lowest BCUT2D eigenvalue weighted by Gasteiger charge is -2.37. The van der Waals surface area contributed by atoms with Gasteiger partial charge in [0, 0.05) is 11.4 Å². The van der Waals surface area contributed by atoms with Crippen LogP contribution in [0.1, 0.15) is 119 Å². The lowest BCUT2D eigenvalue weighted by Crippen LogP contribution is -2.33. The first-order valence-corrected chi connectivity index (χ1v) is 20.9. The van der Waals surface area contributed by atoms with E-state index in [9.17, 15) is 0 Å². The molecular formula is C54H69N. The average Bonchev–Trinajstić information content (AvgIpc) is 3.58. The normalized spacial score (nSPS) is 19.5. The van der Waals surface area contributed by atoms with E-state index >= 15 is 0 Å². The molecule has 0 aromatic heterocycles. The van der Waals surface area contributed by atoms with Gasteiger partial charge in [0.1, 0.15) is 0 Å². The largest absolute Gasteiger partial charge is 0.339 e. The van der Waals surface area contributed by atoms with Crippen LogP contribution in [0.3, 0.4) is 0 Å². The molecule has 1 heteroatoms. The van der Waals surface area contributed by atoms with Gasteiger partial charge in [-0.2, -0.15) is 0 Å². The molecule has 2 aromatic rings. The molecule has 0 saturated heterocycles. The highest BCUT2D eigenvalue weighted by molar-refractivity contribution is 5.93. The van der Waals surface area contributed by atoms with Crippen LogP contribution < -0.4 is 10.4 Å². The number of allylic oxidation sites excluding steroid dienone is 16. The summed E-state index contributed by atoms with van der Waals surface area (Å²) in [6.45, 7) is 34.0. The SMILES string of the molecule is C=C\C=C/C(=C(\C)C(C)N(C1=CCCC(C(C)(C)C)CC1)C(/C=C\C)=C/C=C)C(/C1=CC=c2ccc3c4c(ccc(c24)C1)CC=C(C(C)(C)C)C=3)=C(\C)CC. The second-order valence-electron chi connectivity index (χ2n) is 18.1. The monoisotopic (exact) mass is 732 g/mol. The van der Waals surface area contributed by atoms with Crippen LogP contribution in [0.2, 0.25) is 0 Å². The number of hydrogen-bond donors (Lipinski definition) is 0. The second-order valence-corrected chi connectivity index (χ2v) is 18.1. The van der Waals surface area contributed by atoms with E-state index in [0.717, 1.165) is 32.1 Å². The van der Waals surface area contributed by atoms with Crippen LogP contribution >= 0.6 is 0 Å². The Morgan fingerprint density at radius 3 is 2.25 bits per heavy atom. The summed E-state index contributed by atoms with van der Waals surface area (Å²) in [5.41, 5.74) is 14.0. The number of hydrogen-bond acceptors (Lipinski definition) is 1. The van der Waals surface area contributed by atoms with Crippen molar-refractivity contribution in [1.82, 2.24) is 4.90 Å². The summed E-state index contributed by atoms with van der Waals surface area (Å²) in [5.74, 6) is 0.698. The Kier molecular flexibility index (Phi) is 13.4. The van der Waals surface area contributed by atoms with Crippen molar-refractivity contribution in [2.24, 2.45) is 16.7 Å². The minimum absolute atomic E-state index is 0.102. The summed E-state index contributed by atoms with van der Waals surface area (Å²) in [5, 5.41) is 5.50. The summed E-state index contributed by atoms with van der Waals surface area (Å²) in [7, 11) is 0. The fourth-order valence-electron chi connectivity index (χ4n) is 8.97. The van der Waals surface area contributed by atoms with Crippen LogP contribution in [-0.4, -0.2) is 10.9 Å². The molecule has 5 rings (SSSR count). The fourth-order valence-corrected chi connectivity index (χ4v) is 8.97. The molecule has 1 nitrogen and oxygen atoms in total. The molecule has 3 aliphatic carbocycles. The third kappa shape index (κ3) is 9.20. The van der Waals surface area contributed by atoms with Gasteiger partial charge in [-0.05, 0) is 162 Å². The van der Waals surface area contributed by atoms with Gasteiger partial charge < -0.3 is 4.90 Å². The van der Waals surface area contributed by atoms with Crippen molar-refractivity contribution in [2.45, 2.75) is 127 Å². The molecule has 0 fully saturated rings. The van der Waals surface area contributed by atoms with Crippen molar-refractivity contribution >= 4 is 22.9 Å². The van der Waals surface area contributed by atoms with Crippen LogP contribution in [0.4, 0.5) is 0 Å². The van der Waals surface area contributed by atoms with E-state index in [1.54, 1.807) is 0 Å². The van der Waals surface area contributed by atoms with E-state index in [-0.39, 0.29) is 11.5 Å². The van der Waals surface area contributed by atoms with E-state index in [1.165, 1.54) is 90.0 Å². The first kappa shape index (κ1) is 41.8. The van der Waals surface area contributed by atoms with Crippen LogP contribution in [0, 0.1) is 16.7 Å². The molecule has 2 atom stereocenters. The number of nitrogens with zero attached hydrogens (tertiary/aromatic N) is 1. The van der Waals surface area contributed by atoms with Gasteiger partial charge in [-0.1, -0.05) is 152 Å². The molecule has 2 aromatic carbocycles. The third-order valence-electron chi connectivity index (χ3n) is 12.4. The average molecular weight is 732 g/mol. The molecule has 0 spiro atoms. The van der Waals surface area contributed by atoms with Crippen LogP contribution in [0.25, 0.3) is 22.9 Å². The minimum atomic E-state index is 0.102. The van der Waals surface area contributed by atoms with Gasteiger partial charge in [0.15, 0.2) is 0 Å². The predicted molar refractivity (Wildman–Crippen MR) is 244 cm³/mol. The predicted octanol–water partition coefficient (Wildman–Crippen LogP) is 13.7. The molecule has 0 N–H and O–H groups in total. The summed E-state index contributed by atoms with van der Waals surface area (Å²) in [6, 6.07) is 9.62.